The molecule has 1 aliphatic carbocycles. The topological polar surface area (TPSA) is 49.4 Å². The maximum Gasteiger partial charge on any atom is 0.241 e. The highest BCUT2D eigenvalue weighted by Crippen LogP contribution is 2.31. The zero-order valence-electron chi connectivity index (χ0n) is 14.6. The average Bonchev–Trinajstić information content (AvgIpc) is 3.33. The molecule has 2 fully saturated rings. The molecule has 25 heavy (non-hydrogen) atoms. The van der Waals surface area contributed by atoms with Crippen molar-refractivity contribution in [3.05, 3.63) is 35.4 Å². The summed E-state index contributed by atoms with van der Waals surface area (Å²) >= 11 is 1.61. The maximum atomic E-state index is 12.9. The highest BCUT2D eigenvalue weighted by molar-refractivity contribution is 8.00. The first-order chi connectivity index (χ1) is 12.2. The fourth-order valence-corrected chi connectivity index (χ4v) is 5.55. The molecular formula is C20H26N2O2S. The van der Waals surface area contributed by atoms with Crippen LogP contribution in [0.5, 0.6) is 0 Å². The first kappa shape index (κ1) is 17.1. The van der Waals surface area contributed by atoms with Crippen LogP contribution in [-0.2, 0) is 22.4 Å². The number of ketones is 1. The quantitative estimate of drug-likeness (QED) is 0.898. The lowest BCUT2D eigenvalue weighted by molar-refractivity contribution is -0.134. The lowest BCUT2D eigenvalue weighted by Gasteiger charge is -2.27. The molecular weight excluding hydrogens is 332 g/mol. The van der Waals surface area contributed by atoms with Crippen molar-refractivity contribution in [3.8, 4) is 0 Å². The Kier molecular flexibility index (Phi) is 5.13. The van der Waals surface area contributed by atoms with Gasteiger partial charge in [-0.15, -0.1) is 11.8 Å². The second-order valence-corrected chi connectivity index (χ2v) is 8.62. The van der Waals surface area contributed by atoms with Gasteiger partial charge in [0.25, 0.3) is 0 Å². The molecule has 2 heterocycles. The van der Waals surface area contributed by atoms with Gasteiger partial charge in [-0.2, -0.15) is 0 Å². The Morgan fingerprint density at radius 2 is 1.92 bits per heavy atom. The summed E-state index contributed by atoms with van der Waals surface area (Å²) in [5, 5.41) is 3.06. The van der Waals surface area contributed by atoms with Gasteiger partial charge in [-0.05, 0) is 49.1 Å². The summed E-state index contributed by atoms with van der Waals surface area (Å²) in [6.07, 6.45) is 5.94. The zero-order valence-corrected chi connectivity index (χ0v) is 15.4. The summed E-state index contributed by atoms with van der Waals surface area (Å²) in [4.78, 5) is 27.6. The molecule has 3 aliphatic rings. The molecule has 1 N–H and O–H groups in total. The third kappa shape index (κ3) is 3.63. The van der Waals surface area contributed by atoms with Gasteiger partial charge in [0.1, 0.15) is 11.8 Å². The number of thioether (sulfide) groups is 1. The summed E-state index contributed by atoms with van der Waals surface area (Å²) in [5.41, 5.74) is 2.83. The van der Waals surface area contributed by atoms with Crippen LogP contribution >= 0.6 is 11.8 Å². The minimum Gasteiger partial charge on any atom is -0.341 e. The fourth-order valence-electron chi connectivity index (χ4n) is 4.41. The van der Waals surface area contributed by atoms with Crippen LogP contribution in [0.2, 0.25) is 0 Å². The smallest absolute Gasteiger partial charge is 0.241 e. The van der Waals surface area contributed by atoms with E-state index >= 15 is 0 Å². The van der Waals surface area contributed by atoms with Gasteiger partial charge in [0.2, 0.25) is 5.91 Å². The number of carbonyl (C=O) groups excluding carboxylic acids is 2. The van der Waals surface area contributed by atoms with E-state index in [9.17, 15) is 9.59 Å². The molecule has 1 unspecified atom stereocenters. The molecule has 2 saturated heterocycles. The Balaban J connectivity index is 1.38. The number of amides is 1. The van der Waals surface area contributed by atoms with E-state index in [0.29, 0.717) is 18.2 Å². The van der Waals surface area contributed by atoms with Crippen LogP contribution < -0.4 is 5.32 Å². The Labute approximate surface area is 153 Å². The molecule has 5 heteroatoms. The molecule has 0 spiro atoms. The van der Waals surface area contributed by atoms with Crippen LogP contribution in [-0.4, -0.2) is 46.8 Å². The molecule has 4 rings (SSSR count). The Morgan fingerprint density at radius 1 is 1.16 bits per heavy atom. The van der Waals surface area contributed by atoms with Crippen LogP contribution in [0.1, 0.15) is 36.8 Å². The van der Waals surface area contributed by atoms with Gasteiger partial charge in [-0.25, -0.2) is 0 Å². The standard InChI is InChI=1S/C20H26N2O2S/c23-17(12-14-7-8-15-5-1-2-6-16(15)11-14)19-18(21-13-25-19)20(24)22-9-3-4-10-22/h1-2,5-6,14,18-19,21H,3-4,7-13H2/t14-,18-,19?/m1/s1. The molecule has 4 nitrogen and oxygen atoms in total. The lowest BCUT2D eigenvalue weighted by atomic mass is 9.81. The number of aryl methyl sites for hydroxylation is 1. The second kappa shape index (κ2) is 7.50. The van der Waals surface area contributed by atoms with Gasteiger partial charge in [-0.1, -0.05) is 24.3 Å². The van der Waals surface area contributed by atoms with Gasteiger partial charge in [-0.3, -0.25) is 14.9 Å². The van der Waals surface area contributed by atoms with E-state index in [4.69, 9.17) is 0 Å². The van der Waals surface area contributed by atoms with E-state index in [1.54, 1.807) is 11.8 Å². The van der Waals surface area contributed by atoms with Crippen LogP contribution in [0.15, 0.2) is 24.3 Å². The Morgan fingerprint density at radius 3 is 2.72 bits per heavy atom. The van der Waals surface area contributed by atoms with Crippen molar-refractivity contribution >= 4 is 23.5 Å². The Hall–Kier alpha value is -1.33. The van der Waals surface area contributed by atoms with Crippen LogP contribution in [0.25, 0.3) is 0 Å². The molecule has 1 aromatic carbocycles. The summed E-state index contributed by atoms with van der Waals surface area (Å²) in [6, 6.07) is 8.27. The highest BCUT2D eigenvalue weighted by atomic mass is 32.2. The highest BCUT2D eigenvalue weighted by Gasteiger charge is 2.41. The normalized spacial score (nSPS) is 28.8. The average molecular weight is 359 g/mol. The van der Waals surface area contributed by atoms with E-state index in [1.807, 2.05) is 4.90 Å². The summed E-state index contributed by atoms with van der Waals surface area (Å²) in [7, 11) is 0. The number of carbonyl (C=O) groups is 2. The molecule has 1 amide bonds. The zero-order chi connectivity index (χ0) is 17.2. The Bertz CT molecular complexity index is 657. The molecule has 134 valence electrons. The predicted octanol–water partition coefficient (Wildman–Crippen LogP) is 2.40. The number of benzene rings is 1. The number of hydrogen-bond acceptors (Lipinski definition) is 4. The number of rotatable bonds is 4. The molecule has 0 aromatic heterocycles. The van der Waals surface area contributed by atoms with Crippen LogP contribution in [0.4, 0.5) is 0 Å². The molecule has 0 radical (unpaired) electrons. The number of fused-ring (bicyclic) bond motifs is 1. The number of nitrogens with zero attached hydrogens (tertiary/aromatic N) is 1. The number of Topliss-reactive ketones (excluding diaryl/α,β-unsaturated/α-hetero) is 1. The van der Waals surface area contributed by atoms with E-state index in [1.165, 1.54) is 11.1 Å². The number of likely N-dealkylation sites (tertiary alicyclic amines) is 1. The van der Waals surface area contributed by atoms with Crippen molar-refractivity contribution < 1.29 is 9.59 Å². The largest absolute Gasteiger partial charge is 0.341 e. The van der Waals surface area contributed by atoms with Gasteiger partial charge in [0.15, 0.2) is 0 Å². The summed E-state index contributed by atoms with van der Waals surface area (Å²) in [6.45, 7) is 1.70. The lowest BCUT2D eigenvalue weighted by Crippen LogP contribution is -2.49. The third-order valence-electron chi connectivity index (χ3n) is 5.81. The van der Waals surface area contributed by atoms with E-state index < -0.39 is 0 Å². The van der Waals surface area contributed by atoms with Crippen molar-refractivity contribution in [2.24, 2.45) is 5.92 Å². The monoisotopic (exact) mass is 358 g/mol. The van der Waals surface area contributed by atoms with Gasteiger partial charge >= 0.3 is 0 Å². The van der Waals surface area contributed by atoms with E-state index in [2.05, 4.69) is 29.6 Å². The van der Waals surface area contributed by atoms with Crippen molar-refractivity contribution in [1.29, 1.82) is 0 Å². The molecule has 2 aliphatic heterocycles. The first-order valence-electron chi connectivity index (χ1n) is 9.45. The third-order valence-corrected chi connectivity index (χ3v) is 7.04. The maximum absolute atomic E-state index is 12.9. The minimum absolute atomic E-state index is 0.134. The molecule has 0 saturated carbocycles. The predicted molar refractivity (Wildman–Crippen MR) is 101 cm³/mol. The summed E-state index contributed by atoms with van der Waals surface area (Å²) in [5.74, 6) is 1.52. The van der Waals surface area contributed by atoms with Crippen molar-refractivity contribution in [2.75, 3.05) is 19.0 Å². The molecule has 3 atom stereocenters. The fraction of sp³-hybridized carbons (Fsp3) is 0.600. The minimum atomic E-state index is -0.313. The molecule has 1 aromatic rings. The molecule has 0 bridgehead atoms. The van der Waals surface area contributed by atoms with Crippen LogP contribution in [0, 0.1) is 5.92 Å². The first-order valence-corrected chi connectivity index (χ1v) is 10.5. The van der Waals surface area contributed by atoms with Crippen molar-refractivity contribution in [1.82, 2.24) is 10.2 Å². The van der Waals surface area contributed by atoms with Gasteiger partial charge in [0, 0.05) is 25.4 Å². The SMILES string of the molecule is O=C(C[C@@H]1CCc2ccccc2C1)C1SCN[C@H]1C(=O)N1CCCC1. The van der Waals surface area contributed by atoms with Crippen molar-refractivity contribution in [3.63, 3.8) is 0 Å². The number of nitrogens with one attached hydrogen (secondary N) is 1. The van der Waals surface area contributed by atoms with Crippen LogP contribution in [0.3, 0.4) is 0 Å². The second-order valence-electron chi connectivity index (χ2n) is 7.49. The number of hydrogen-bond donors (Lipinski definition) is 1. The van der Waals surface area contributed by atoms with Gasteiger partial charge < -0.3 is 4.90 Å². The van der Waals surface area contributed by atoms with Gasteiger partial charge in [0.05, 0.1) is 5.25 Å². The van der Waals surface area contributed by atoms with E-state index in [-0.39, 0.29) is 23.0 Å². The summed E-state index contributed by atoms with van der Waals surface area (Å²) < 4.78 is 0. The van der Waals surface area contributed by atoms with Crippen molar-refractivity contribution in [2.45, 2.75) is 49.8 Å². The van der Waals surface area contributed by atoms with E-state index in [0.717, 1.165) is 45.2 Å².